The molecule has 2 aliphatic carbocycles. The summed E-state index contributed by atoms with van der Waals surface area (Å²) < 4.78 is 32.5. The predicted octanol–water partition coefficient (Wildman–Crippen LogP) is 3.37. The van der Waals surface area contributed by atoms with Crippen molar-refractivity contribution in [2.24, 2.45) is 11.8 Å². The van der Waals surface area contributed by atoms with Crippen LogP contribution in [0.4, 0.5) is 14.6 Å². The van der Waals surface area contributed by atoms with Crippen LogP contribution in [-0.4, -0.2) is 34.5 Å². The molecule has 0 radical (unpaired) electrons. The number of benzene rings is 1. The molecule has 2 aliphatic heterocycles. The quantitative estimate of drug-likeness (QED) is 0.332. The predicted molar refractivity (Wildman–Crippen MR) is 134 cm³/mol. The minimum atomic E-state index is -0.916. The zero-order chi connectivity index (χ0) is 26.8. The van der Waals surface area contributed by atoms with Crippen LogP contribution >= 0.6 is 11.6 Å². The first-order chi connectivity index (χ1) is 18.8. The lowest BCUT2D eigenvalue weighted by Crippen LogP contribution is -2.33. The number of hydrogen-bond donors (Lipinski definition) is 2. The number of H-pyrrole nitrogens is 1. The van der Waals surface area contributed by atoms with Crippen molar-refractivity contribution in [3.63, 3.8) is 0 Å². The highest BCUT2D eigenvalue weighted by atomic mass is 35.5. The summed E-state index contributed by atoms with van der Waals surface area (Å²) in [5, 5.41) is 17.5. The molecule has 10 nitrogen and oxygen atoms in total. The van der Waals surface area contributed by atoms with Crippen LogP contribution in [-0.2, 0) is 5.54 Å². The fraction of sp³-hybridized carbons (Fsp3) is 0.154. The number of aromatic nitrogens is 7. The number of rotatable bonds is 4. The van der Waals surface area contributed by atoms with Gasteiger partial charge in [-0.05, 0) is 42.0 Å². The Morgan fingerprint density at radius 1 is 1.08 bits per heavy atom. The van der Waals surface area contributed by atoms with E-state index in [1.54, 1.807) is 22.8 Å². The van der Waals surface area contributed by atoms with Crippen LogP contribution in [0.25, 0.3) is 28.1 Å². The highest BCUT2D eigenvalue weighted by Crippen LogP contribution is 2.89. The SMILES string of the molecule is N#Cc1cn(-c2ccc(Cl)cc2-c2cc3n(c(=O)c2)C2(c4nc(F)c(-c5ccc(N)nc5F)[nH]4)C4C3C42)nn1. The van der Waals surface area contributed by atoms with Gasteiger partial charge < -0.3 is 10.7 Å². The molecule has 2 saturated carbocycles. The molecule has 39 heavy (non-hydrogen) atoms. The molecule has 0 amide bonds. The molecule has 0 saturated heterocycles. The van der Waals surface area contributed by atoms with E-state index in [-0.39, 0.29) is 51.9 Å². The lowest BCUT2D eigenvalue weighted by atomic mass is 10.00. The second-order valence-electron chi connectivity index (χ2n) is 9.89. The van der Waals surface area contributed by atoms with E-state index in [4.69, 9.17) is 22.6 Å². The Kier molecular flexibility index (Phi) is 4.06. The van der Waals surface area contributed by atoms with Gasteiger partial charge in [-0.1, -0.05) is 16.8 Å². The molecule has 0 spiro atoms. The van der Waals surface area contributed by atoms with Gasteiger partial charge >= 0.3 is 0 Å². The Morgan fingerprint density at radius 2 is 1.90 bits per heavy atom. The molecule has 6 heterocycles. The second kappa shape index (κ2) is 7.15. The van der Waals surface area contributed by atoms with Crippen LogP contribution < -0.4 is 11.3 Å². The summed E-state index contributed by atoms with van der Waals surface area (Å²) in [4.78, 5) is 24.2. The molecule has 2 bridgehead atoms. The molecule has 4 aliphatic rings. The van der Waals surface area contributed by atoms with Gasteiger partial charge in [0, 0.05) is 40.1 Å². The molecule has 9 rings (SSSR count). The Balaban J connectivity index is 1.24. The zero-order valence-electron chi connectivity index (χ0n) is 19.6. The van der Waals surface area contributed by atoms with E-state index in [0.29, 0.717) is 21.8 Å². The van der Waals surface area contributed by atoms with E-state index in [1.807, 2.05) is 12.1 Å². The molecule has 1 aromatic carbocycles. The van der Waals surface area contributed by atoms with Crippen molar-refractivity contribution in [1.82, 2.24) is 34.5 Å². The van der Waals surface area contributed by atoms with Crippen LogP contribution in [0, 0.1) is 35.1 Å². The third-order valence-corrected chi connectivity index (χ3v) is 8.24. The number of nitriles is 1. The molecule has 2 unspecified atom stereocenters. The Labute approximate surface area is 222 Å². The zero-order valence-corrected chi connectivity index (χ0v) is 20.4. The van der Waals surface area contributed by atoms with Gasteiger partial charge in [-0.25, -0.2) is 14.6 Å². The van der Waals surface area contributed by atoms with Crippen molar-refractivity contribution < 1.29 is 8.78 Å². The van der Waals surface area contributed by atoms with Gasteiger partial charge in [0.05, 0.1) is 17.4 Å². The minimum absolute atomic E-state index is 0.0227. The topological polar surface area (TPSA) is 144 Å². The smallest absolute Gasteiger partial charge is 0.252 e. The fourth-order valence-corrected chi connectivity index (χ4v) is 6.54. The van der Waals surface area contributed by atoms with Gasteiger partial charge in [-0.15, -0.1) is 5.10 Å². The van der Waals surface area contributed by atoms with Crippen molar-refractivity contribution in [2.45, 2.75) is 11.5 Å². The van der Waals surface area contributed by atoms with Crippen molar-refractivity contribution >= 4 is 17.4 Å². The maximum Gasteiger partial charge on any atom is 0.252 e. The van der Waals surface area contributed by atoms with Crippen LogP contribution in [0.1, 0.15) is 23.1 Å². The summed E-state index contributed by atoms with van der Waals surface area (Å²) >= 11 is 6.31. The maximum absolute atomic E-state index is 15.0. The summed E-state index contributed by atoms with van der Waals surface area (Å²) in [5.41, 5.74) is 7.04. The molecule has 2 atom stereocenters. The lowest BCUT2D eigenvalue weighted by molar-refractivity contribution is 0.446. The molecule has 4 aromatic heterocycles. The van der Waals surface area contributed by atoms with E-state index in [1.165, 1.54) is 29.1 Å². The van der Waals surface area contributed by atoms with Crippen LogP contribution in [0.5, 0.6) is 0 Å². The normalized spacial score (nSPS) is 23.3. The van der Waals surface area contributed by atoms with E-state index >= 15 is 0 Å². The molecule has 190 valence electrons. The van der Waals surface area contributed by atoms with Gasteiger partial charge in [0.15, 0.2) is 5.69 Å². The number of pyridine rings is 2. The highest BCUT2D eigenvalue weighted by molar-refractivity contribution is 6.31. The Morgan fingerprint density at radius 3 is 2.64 bits per heavy atom. The van der Waals surface area contributed by atoms with E-state index in [2.05, 4.69) is 25.3 Å². The first kappa shape index (κ1) is 22.1. The molecule has 5 aromatic rings. The third-order valence-electron chi connectivity index (χ3n) is 8.00. The van der Waals surface area contributed by atoms with Gasteiger partial charge in [0.2, 0.25) is 11.9 Å². The van der Waals surface area contributed by atoms with E-state index < -0.39 is 17.4 Å². The highest BCUT2D eigenvalue weighted by Gasteiger charge is 2.92. The first-order valence-corrected chi connectivity index (χ1v) is 12.3. The lowest BCUT2D eigenvalue weighted by Gasteiger charge is -2.17. The van der Waals surface area contributed by atoms with E-state index in [9.17, 15) is 13.6 Å². The molecule has 3 N–H and O–H groups in total. The number of aromatic amines is 1. The molecular formula is C26H14ClF2N9O. The number of imidazole rings is 1. The average Bonchev–Trinajstić information content (AvgIpc) is 3.49. The van der Waals surface area contributed by atoms with Crippen molar-refractivity contribution in [3.8, 4) is 34.1 Å². The fourth-order valence-electron chi connectivity index (χ4n) is 6.37. The average molecular weight is 542 g/mol. The van der Waals surface area contributed by atoms with Gasteiger partial charge in [-0.3, -0.25) is 9.36 Å². The van der Waals surface area contributed by atoms with Gasteiger partial charge in [-0.2, -0.15) is 14.0 Å². The molecule has 13 heteroatoms. The summed E-state index contributed by atoms with van der Waals surface area (Å²) in [5.74, 6) is -1.21. The second-order valence-corrected chi connectivity index (χ2v) is 10.3. The standard InChI is InChI=1S/C26H14ClF2N9O/c27-11-1-3-15(37-9-12(8-30)35-36-37)14(7-11)10-5-16-19-20-21(19)26(20,38(16)18(39)6-10)25-33-22(24(29)34-25)13-2-4-17(31)32-23(13)28/h1-7,9,19-21H,(H2,31,32)(H,33,34). The number of nitrogens with two attached hydrogens (primary N) is 1. The largest absolute Gasteiger partial charge is 0.384 e. The maximum atomic E-state index is 15.0. The summed E-state index contributed by atoms with van der Waals surface area (Å²) in [6, 6.07) is 13.2. The number of anilines is 1. The summed E-state index contributed by atoms with van der Waals surface area (Å²) in [6.45, 7) is 0. The van der Waals surface area contributed by atoms with Crippen molar-refractivity contribution in [2.75, 3.05) is 5.73 Å². The first-order valence-electron chi connectivity index (χ1n) is 11.9. The Hall–Kier alpha value is -4.89. The van der Waals surface area contributed by atoms with Crippen LogP contribution in [0.15, 0.2) is 53.5 Å². The monoisotopic (exact) mass is 541 g/mol. The van der Waals surface area contributed by atoms with Gasteiger partial charge in [0.25, 0.3) is 5.56 Å². The number of halogens is 3. The number of nitrogens with zero attached hydrogens (tertiary/aromatic N) is 7. The summed E-state index contributed by atoms with van der Waals surface area (Å²) in [6.07, 6.45) is 1.49. The van der Waals surface area contributed by atoms with Crippen LogP contribution in [0.3, 0.4) is 0 Å². The van der Waals surface area contributed by atoms with Crippen LogP contribution in [0.2, 0.25) is 5.02 Å². The number of nitrogens with one attached hydrogen (secondary N) is 1. The Bertz CT molecular complexity index is 2000. The summed E-state index contributed by atoms with van der Waals surface area (Å²) in [7, 11) is 0. The van der Waals surface area contributed by atoms with E-state index in [0.717, 1.165) is 5.69 Å². The van der Waals surface area contributed by atoms with Crippen molar-refractivity contribution in [1.29, 1.82) is 5.26 Å². The molecule has 2 fully saturated rings. The minimum Gasteiger partial charge on any atom is -0.384 e. The van der Waals surface area contributed by atoms with Gasteiger partial charge in [0.1, 0.15) is 28.9 Å². The number of hydrogen-bond acceptors (Lipinski definition) is 7. The molecular weight excluding hydrogens is 528 g/mol. The van der Waals surface area contributed by atoms with Crippen molar-refractivity contribution in [3.05, 3.63) is 93.1 Å². The number of nitrogen functional groups attached to an aromatic ring is 1. The third kappa shape index (κ3) is 2.74.